The van der Waals surface area contributed by atoms with Gasteiger partial charge in [0.15, 0.2) is 11.9 Å². The molecule has 2 N–H and O–H groups in total. The zero-order chi connectivity index (χ0) is 8.43. The fraction of sp³-hybridized carbons (Fsp3) is 0.500. The summed E-state index contributed by atoms with van der Waals surface area (Å²) in [5.41, 5.74) is 0. The number of carbonyl (C=O) groups excluding carboxylic acids is 1. The van der Waals surface area contributed by atoms with Crippen molar-refractivity contribution in [3.8, 4) is 0 Å². The highest BCUT2D eigenvalue weighted by Crippen LogP contribution is 2.21. The van der Waals surface area contributed by atoms with Crippen molar-refractivity contribution in [2.24, 2.45) is 0 Å². The molecule has 0 unspecified atom stereocenters. The number of cyclic esters (lactones) is 1. The van der Waals surface area contributed by atoms with Gasteiger partial charge in [0.2, 0.25) is 5.76 Å². The first-order chi connectivity index (χ1) is 5.16. The lowest BCUT2D eigenvalue weighted by Crippen LogP contribution is -2.11. The van der Waals surface area contributed by atoms with Crippen molar-refractivity contribution >= 4 is 21.9 Å². The average molecular weight is 223 g/mol. The number of carbonyl (C=O) groups is 1. The Balaban J connectivity index is 2.69. The van der Waals surface area contributed by atoms with Gasteiger partial charge in [0.05, 0.1) is 0 Å². The molecule has 0 bridgehead atoms. The van der Waals surface area contributed by atoms with Crippen LogP contribution in [0.1, 0.15) is 6.42 Å². The minimum absolute atomic E-state index is 0.366. The van der Waals surface area contributed by atoms with E-state index >= 15 is 0 Å². The fourth-order valence-corrected chi connectivity index (χ4v) is 1.21. The van der Waals surface area contributed by atoms with E-state index in [0.717, 1.165) is 0 Å². The van der Waals surface area contributed by atoms with Crippen LogP contribution in [0, 0.1) is 0 Å². The summed E-state index contributed by atoms with van der Waals surface area (Å²) in [7, 11) is 0. The summed E-state index contributed by atoms with van der Waals surface area (Å²) < 4.78 is 4.58. The number of rotatable bonds is 2. The van der Waals surface area contributed by atoms with Crippen LogP contribution in [-0.4, -0.2) is 27.6 Å². The molecule has 0 spiro atoms. The Bertz CT molecular complexity index is 211. The SMILES string of the molecule is O=C1O[C@H](CCBr)C(O)=C1O. The normalized spacial score (nSPS) is 24.1. The molecular weight excluding hydrogens is 216 g/mol. The van der Waals surface area contributed by atoms with E-state index < -0.39 is 17.8 Å². The smallest absolute Gasteiger partial charge is 0.377 e. The van der Waals surface area contributed by atoms with Gasteiger partial charge < -0.3 is 14.9 Å². The Morgan fingerprint density at radius 1 is 1.55 bits per heavy atom. The van der Waals surface area contributed by atoms with Crippen LogP contribution in [0.3, 0.4) is 0 Å². The maximum absolute atomic E-state index is 10.6. The first kappa shape index (κ1) is 8.39. The van der Waals surface area contributed by atoms with Gasteiger partial charge in [-0.05, 0) is 0 Å². The van der Waals surface area contributed by atoms with Gasteiger partial charge in [-0.15, -0.1) is 0 Å². The number of hydrogen-bond acceptors (Lipinski definition) is 4. The number of aliphatic hydroxyl groups excluding tert-OH is 2. The second-order valence-corrected chi connectivity index (χ2v) is 2.90. The second-order valence-electron chi connectivity index (χ2n) is 2.11. The molecule has 5 heteroatoms. The van der Waals surface area contributed by atoms with Gasteiger partial charge in [0.1, 0.15) is 0 Å². The fourth-order valence-electron chi connectivity index (χ4n) is 0.793. The predicted molar refractivity (Wildman–Crippen MR) is 40.6 cm³/mol. The Labute approximate surface area is 71.6 Å². The zero-order valence-corrected chi connectivity index (χ0v) is 7.17. The van der Waals surface area contributed by atoms with Crippen LogP contribution in [0.2, 0.25) is 0 Å². The number of aliphatic hydroxyl groups is 2. The largest absolute Gasteiger partial charge is 0.505 e. The van der Waals surface area contributed by atoms with E-state index in [-0.39, 0.29) is 5.76 Å². The summed E-state index contributed by atoms with van der Waals surface area (Å²) in [4.78, 5) is 10.6. The first-order valence-electron chi connectivity index (χ1n) is 3.06. The molecule has 0 aromatic heterocycles. The van der Waals surface area contributed by atoms with Crippen LogP contribution in [-0.2, 0) is 9.53 Å². The number of ether oxygens (including phenoxy) is 1. The molecule has 0 saturated heterocycles. The van der Waals surface area contributed by atoms with E-state index in [1.807, 2.05) is 0 Å². The van der Waals surface area contributed by atoms with Gasteiger partial charge in [0.25, 0.3) is 0 Å². The highest BCUT2D eigenvalue weighted by molar-refractivity contribution is 9.09. The van der Waals surface area contributed by atoms with Crippen molar-refractivity contribution in [2.45, 2.75) is 12.5 Å². The van der Waals surface area contributed by atoms with Gasteiger partial charge in [0, 0.05) is 11.8 Å². The Morgan fingerprint density at radius 2 is 2.18 bits per heavy atom. The highest BCUT2D eigenvalue weighted by atomic mass is 79.9. The molecule has 1 aliphatic rings. The maximum Gasteiger partial charge on any atom is 0.377 e. The summed E-state index contributed by atoms with van der Waals surface area (Å²) >= 11 is 3.12. The van der Waals surface area contributed by atoms with Gasteiger partial charge in [-0.25, -0.2) is 4.79 Å². The van der Waals surface area contributed by atoms with Crippen LogP contribution < -0.4 is 0 Å². The molecule has 1 atom stereocenters. The number of esters is 1. The molecule has 0 amide bonds. The summed E-state index contributed by atoms with van der Waals surface area (Å²) in [5, 5.41) is 18.4. The third-order valence-electron chi connectivity index (χ3n) is 1.36. The summed E-state index contributed by atoms with van der Waals surface area (Å²) in [6, 6.07) is 0. The quantitative estimate of drug-likeness (QED) is 0.541. The van der Waals surface area contributed by atoms with Crippen molar-refractivity contribution in [3.63, 3.8) is 0 Å². The number of alkyl halides is 1. The Hall–Kier alpha value is -0.710. The molecule has 0 radical (unpaired) electrons. The third-order valence-corrected chi connectivity index (χ3v) is 1.82. The van der Waals surface area contributed by atoms with Crippen LogP contribution >= 0.6 is 15.9 Å². The number of hydrogen-bond donors (Lipinski definition) is 2. The van der Waals surface area contributed by atoms with Crippen LogP contribution in [0.5, 0.6) is 0 Å². The summed E-state index contributed by atoms with van der Waals surface area (Å²) in [6.45, 7) is 0. The van der Waals surface area contributed by atoms with Crippen LogP contribution in [0.4, 0.5) is 0 Å². The average Bonchev–Trinajstić information content (AvgIpc) is 2.19. The topological polar surface area (TPSA) is 66.8 Å². The first-order valence-corrected chi connectivity index (χ1v) is 4.18. The van der Waals surface area contributed by atoms with E-state index in [2.05, 4.69) is 20.7 Å². The third kappa shape index (κ3) is 1.48. The molecule has 0 saturated carbocycles. The second kappa shape index (κ2) is 3.13. The Morgan fingerprint density at radius 3 is 2.55 bits per heavy atom. The summed E-state index contributed by atoms with van der Waals surface area (Å²) in [5.74, 6) is -1.89. The summed E-state index contributed by atoms with van der Waals surface area (Å²) in [6.07, 6.45) is -0.219. The minimum atomic E-state index is -0.853. The van der Waals surface area contributed by atoms with Crippen LogP contribution in [0.25, 0.3) is 0 Å². The molecule has 1 aliphatic heterocycles. The van der Waals surface area contributed by atoms with Crippen molar-refractivity contribution < 1.29 is 19.7 Å². The maximum atomic E-state index is 10.6. The molecule has 0 aliphatic carbocycles. The lowest BCUT2D eigenvalue weighted by molar-refractivity contribution is -0.142. The van der Waals surface area contributed by atoms with E-state index in [1.165, 1.54) is 0 Å². The highest BCUT2D eigenvalue weighted by Gasteiger charge is 2.33. The van der Waals surface area contributed by atoms with Crippen molar-refractivity contribution in [1.82, 2.24) is 0 Å². The van der Waals surface area contributed by atoms with E-state index in [9.17, 15) is 4.79 Å². The van der Waals surface area contributed by atoms with Crippen molar-refractivity contribution in [1.29, 1.82) is 0 Å². The van der Waals surface area contributed by atoms with Gasteiger partial charge in [-0.2, -0.15) is 0 Å². The van der Waals surface area contributed by atoms with E-state index in [4.69, 9.17) is 10.2 Å². The minimum Gasteiger partial charge on any atom is -0.505 e. The predicted octanol–water partition coefficient (Wildman–Crippen LogP) is 1.02. The van der Waals surface area contributed by atoms with Crippen molar-refractivity contribution in [3.05, 3.63) is 11.5 Å². The molecular formula is C6H7BrO4. The lowest BCUT2D eigenvalue weighted by Gasteiger charge is -2.05. The molecule has 1 heterocycles. The molecule has 4 nitrogen and oxygen atoms in total. The Kier molecular flexibility index (Phi) is 2.38. The monoisotopic (exact) mass is 222 g/mol. The van der Waals surface area contributed by atoms with Crippen molar-refractivity contribution in [2.75, 3.05) is 5.33 Å². The molecule has 62 valence electrons. The number of halogens is 1. The van der Waals surface area contributed by atoms with E-state index in [0.29, 0.717) is 11.8 Å². The molecule has 11 heavy (non-hydrogen) atoms. The van der Waals surface area contributed by atoms with Gasteiger partial charge in [-0.1, -0.05) is 15.9 Å². The van der Waals surface area contributed by atoms with E-state index in [1.54, 1.807) is 0 Å². The van der Waals surface area contributed by atoms with Gasteiger partial charge >= 0.3 is 5.97 Å². The standard InChI is InChI=1S/C6H7BrO4/c7-2-1-3-4(8)5(9)6(10)11-3/h3,8-9H,1-2H2/t3-/m1/s1. The molecule has 0 aromatic carbocycles. The molecule has 1 rings (SSSR count). The molecule has 0 fully saturated rings. The van der Waals surface area contributed by atoms with Gasteiger partial charge in [-0.3, -0.25) is 0 Å². The van der Waals surface area contributed by atoms with Crippen LogP contribution in [0.15, 0.2) is 11.5 Å². The zero-order valence-electron chi connectivity index (χ0n) is 5.58. The molecule has 0 aromatic rings. The lowest BCUT2D eigenvalue weighted by atomic mass is 10.2.